The fourth-order valence-electron chi connectivity index (χ4n) is 4.11. The van der Waals surface area contributed by atoms with Crippen LogP contribution in [0.4, 0.5) is 15.8 Å². The van der Waals surface area contributed by atoms with Crippen molar-refractivity contribution in [1.82, 2.24) is 10.2 Å². The summed E-state index contributed by atoms with van der Waals surface area (Å²) in [4.78, 5) is 4.71. The number of nitrogens with zero attached hydrogens (tertiary/aromatic N) is 2. The van der Waals surface area contributed by atoms with Crippen molar-refractivity contribution in [2.24, 2.45) is 5.92 Å². The molecule has 3 N–H and O–H groups in total. The van der Waals surface area contributed by atoms with Gasteiger partial charge in [0.2, 0.25) is 0 Å². The maximum atomic E-state index is 13.9. The first kappa shape index (κ1) is 15.2. The van der Waals surface area contributed by atoms with Gasteiger partial charge in [-0.05, 0) is 38.0 Å². The Morgan fingerprint density at radius 3 is 2.87 bits per heavy atom. The summed E-state index contributed by atoms with van der Waals surface area (Å²) in [6.07, 6.45) is 1.04. The van der Waals surface area contributed by atoms with Crippen LogP contribution in [0.3, 0.4) is 0 Å². The predicted octanol–water partition coefficient (Wildman–Crippen LogP) is 1.54. The summed E-state index contributed by atoms with van der Waals surface area (Å²) in [5, 5.41) is 17.2. The lowest BCUT2D eigenvalue weighted by Crippen LogP contribution is -2.51. The smallest absolute Gasteiger partial charge is 0.158 e. The van der Waals surface area contributed by atoms with Gasteiger partial charge in [-0.3, -0.25) is 4.90 Å². The number of halogens is 1. The number of aliphatic hydroxyl groups is 1. The first-order chi connectivity index (χ1) is 10.9. The summed E-state index contributed by atoms with van der Waals surface area (Å²) < 4.78 is 13.9. The first-order valence-corrected chi connectivity index (χ1v) is 8.46. The van der Waals surface area contributed by atoms with Gasteiger partial charge >= 0.3 is 0 Å². The number of hydrogen-bond donors (Lipinski definition) is 3. The Balaban J connectivity index is 1.62. The Kier molecular flexibility index (Phi) is 3.51. The number of nitrogens with one attached hydrogen (secondary N) is 2. The van der Waals surface area contributed by atoms with Crippen molar-refractivity contribution in [2.45, 2.75) is 38.7 Å². The molecule has 3 aliphatic rings. The molecule has 2 unspecified atom stereocenters. The summed E-state index contributed by atoms with van der Waals surface area (Å²) in [5.74, 6) is 0.0839. The van der Waals surface area contributed by atoms with E-state index in [4.69, 9.17) is 0 Å². The van der Waals surface area contributed by atoms with Crippen LogP contribution >= 0.6 is 0 Å². The lowest BCUT2D eigenvalue weighted by molar-refractivity contribution is 0.0197. The number of likely N-dealkylation sites (tertiary alicyclic amines) is 1. The third-order valence-corrected chi connectivity index (χ3v) is 5.43. The molecular weight excluding hydrogens is 295 g/mol. The van der Waals surface area contributed by atoms with Gasteiger partial charge in [-0.25, -0.2) is 4.39 Å². The fraction of sp³-hybridized carbons (Fsp3) is 0.647. The summed E-state index contributed by atoms with van der Waals surface area (Å²) >= 11 is 0. The van der Waals surface area contributed by atoms with E-state index < -0.39 is 5.60 Å². The molecule has 1 aromatic carbocycles. The summed E-state index contributed by atoms with van der Waals surface area (Å²) in [5.41, 5.74) is 2.39. The highest BCUT2D eigenvalue weighted by molar-refractivity contribution is 5.79. The van der Waals surface area contributed by atoms with Crippen LogP contribution in [-0.4, -0.2) is 48.1 Å². The van der Waals surface area contributed by atoms with Crippen LogP contribution < -0.4 is 15.5 Å². The summed E-state index contributed by atoms with van der Waals surface area (Å²) in [7, 11) is 0. The van der Waals surface area contributed by atoms with Crippen molar-refractivity contribution in [3.63, 3.8) is 0 Å². The highest BCUT2D eigenvalue weighted by Crippen LogP contribution is 2.41. The van der Waals surface area contributed by atoms with Crippen molar-refractivity contribution in [1.29, 1.82) is 0 Å². The highest BCUT2D eigenvalue weighted by Gasteiger charge is 2.41. The van der Waals surface area contributed by atoms with E-state index in [0.717, 1.165) is 49.5 Å². The van der Waals surface area contributed by atoms with E-state index in [-0.39, 0.29) is 18.0 Å². The SMILES string of the molecule is CC(C)(O)C1CCN(C2Nc3cc(F)cc4c3N2CCNC4)C1. The lowest BCUT2D eigenvalue weighted by atomic mass is 9.90. The van der Waals surface area contributed by atoms with Crippen molar-refractivity contribution >= 4 is 11.4 Å². The van der Waals surface area contributed by atoms with Crippen molar-refractivity contribution < 1.29 is 9.50 Å². The van der Waals surface area contributed by atoms with Crippen molar-refractivity contribution in [3.8, 4) is 0 Å². The molecule has 2 atom stereocenters. The van der Waals surface area contributed by atoms with Gasteiger partial charge in [0.1, 0.15) is 5.82 Å². The Morgan fingerprint density at radius 2 is 2.13 bits per heavy atom. The van der Waals surface area contributed by atoms with Crippen LogP contribution in [0.1, 0.15) is 25.8 Å². The van der Waals surface area contributed by atoms with Gasteiger partial charge in [0.05, 0.1) is 17.0 Å². The number of rotatable bonds is 2. The highest BCUT2D eigenvalue weighted by atomic mass is 19.1. The Bertz CT molecular complexity index is 615. The lowest BCUT2D eigenvalue weighted by Gasteiger charge is -2.34. The largest absolute Gasteiger partial charge is 0.390 e. The van der Waals surface area contributed by atoms with Crippen molar-refractivity contribution in [3.05, 3.63) is 23.5 Å². The predicted molar refractivity (Wildman–Crippen MR) is 88.8 cm³/mol. The molecule has 1 aromatic rings. The van der Waals surface area contributed by atoms with Crippen molar-refractivity contribution in [2.75, 3.05) is 36.4 Å². The maximum Gasteiger partial charge on any atom is 0.158 e. The summed E-state index contributed by atoms with van der Waals surface area (Å²) in [6.45, 7) is 8.07. The second-order valence-corrected chi connectivity index (χ2v) is 7.48. The van der Waals surface area contributed by atoms with Gasteiger partial charge in [-0.15, -0.1) is 0 Å². The Labute approximate surface area is 136 Å². The fourth-order valence-corrected chi connectivity index (χ4v) is 4.11. The number of benzene rings is 1. The van der Waals surface area contributed by atoms with Gasteiger partial charge in [-0.1, -0.05) is 0 Å². The molecular formula is C17H25FN4O. The van der Waals surface area contributed by atoms with Crippen LogP contribution in [-0.2, 0) is 6.54 Å². The first-order valence-electron chi connectivity index (χ1n) is 8.46. The van der Waals surface area contributed by atoms with Crippen LogP contribution in [0.15, 0.2) is 12.1 Å². The maximum absolute atomic E-state index is 13.9. The van der Waals surface area contributed by atoms with E-state index in [1.165, 1.54) is 0 Å². The molecule has 0 aromatic heterocycles. The van der Waals surface area contributed by atoms with Crippen LogP contribution in [0.2, 0.25) is 0 Å². The zero-order valence-corrected chi connectivity index (χ0v) is 13.8. The second-order valence-electron chi connectivity index (χ2n) is 7.48. The average molecular weight is 320 g/mol. The van der Waals surface area contributed by atoms with Crippen LogP contribution in [0.25, 0.3) is 0 Å². The molecule has 5 nitrogen and oxygen atoms in total. The molecule has 0 aliphatic carbocycles. The molecule has 0 amide bonds. The molecule has 6 heteroatoms. The molecule has 3 aliphatic heterocycles. The molecule has 3 heterocycles. The molecule has 4 rings (SSSR count). The minimum atomic E-state index is -0.655. The van der Waals surface area contributed by atoms with E-state index in [2.05, 4.69) is 20.4 Å². The Hall–Kier alpha value is -1.37. The molecule has 0 radical (unpaired) electrons. The van der Waals surface area contributed by atoms with Gasteiger partial charge < -0.3 is 20.6 Å². The molecule has 0 spiro atoms. The minimum Gasteiger partial charge on any atom is -0.390 e. The minimum absolute atomic E-state index is 0.0535. The van der Waals surface area contributed by atoms with E-state index in [1.807, 2.05) is 13.8 Å². The second kappa shape index (κ2) is 5.33. The topological polar surface area (TPSA) is 50.8 Å². The Morgan fingerprint density at radius 1 is 1.30 bits per heavy atom. The van der Waals surface area contributed by atoms with Gasteiger partial charge in [0.25, 0.3) is 0 Å². The molecule has 1 saturated heterocycles. The third kappa shape index (κ3) is 2.58. The average Bonchev–Trinajstić information content (AvgIpc) is 3.01. The van der Waals surface area contributed by atoms with Crippen LogP contribution in [0.5, 0.6) is 0 Å². The van der Waals surface area contributed by atoms with Crippen LogP contribution in [0, 0.1) is 11.7 Å². The molecule has 126 valence electrons. The van der Waals surface area contributed by atoms with E-state index >= 15 is 0 Å². The van der Waals surface area contributed by atoms with E-state index in [9.17, 15) is 9.50 Å². The van der Waals surface area contributed by atoms with E-state index in [0.29, 0.717) is 6.54 Å². The molecule has 23 heavy (non-hydrogen) atoms. The normalized spacial score (nSPS) is 27.7. The molecule has 0 saturated carbocycles. The molecule has 1 fully saturated rings. The zero-order chi connectivity index (χ0) is 16.2. The number of hydrogen-bond acceptors (Lipinski definition) is 5. The van der Waals surface area contributed by atoms with Gasteiger partial charge in [-0.2, -0.15) is 0 Å². The summed E-state index contributed by atoms with van der Waals surface area (Å²) in [6, 6.07) is 3.23. The monoisotopic (exact) mass is 320 g/mol. The molecule has 0 bridgehead atoms. The van der Waals surface area contributed by atoms with E-state index in [1.54, 1.807) is 12.1 Å². The van der Waals surface area contributed by atoms with Gasteiger partial charge in [0.15, 0.2) is 6.29 Å². The number of anilines is 2. The third-order valence-electron chi connectivity index (χ3n) is 5.43. The van der Waals surface area contributed by atoms with Gasteiger partial charge in [0, 0.05) is 38.6 Å². The zero-order valence-electron chi connectivity index (χ0n) is 13.8. The standard InChI is InChI=1S/C17H25FN4O/c1-17(2,23)12-3-5-21(10-12)16-20-14-8-13(18)7-11-9-19-4-6-22(16)15(11)14/h7-8,12,16,19-20,23H,3-6,9-10H2,1-2H3. The quantitative estimate of drug-likeness (QED) is 0.772.